The van der Waals surface area contributed by atoms with Crippen molar-refractivity contribution in [2.75, 3.05) is 7.11 Å². The Hall–Kier alpha value is -3.28. The first-order valence-electron chi connectivity index (χ1n) is 8.73. The van der Waals surface area contributed by atoms with Crippen molar-refractivity contribution < 1.29 is 9.13 Å². The molecule has 0 aliphatic heterocycles. The average molecular weight is 362 g/mol. The highest BCUT2D eigenvalue weighted by atomic mass is 19.1. The number of fused-ring (bicyclic) bond motifs is 1. The van der Waals surface area contributed by atoms with Gasteiger partial charge in [-0.05, 0) is 43.7 Å². The first kappa shape index (κ1) is 17.1. The lowest BCUT2D eigenvalue weighted by atomic mass is 9.97. The molecule has 0 fully saturated rings. The Morgan fingerprint density at radius 3 is 2.70 bits per heavy atom. The zero-order chi connectivity index (χ0) is 19.0. The van der Waals surface area contributed by atoms with Gasteiger partial charge in [0.2, 0.25) is 0 Å². The molecule has 6 heteroatoms. The average Bonchev–Trinajstić information content (AvgIpc) is 3.12. The summed E-state index contributed by atoms with van der Waals surface area (Å²) >= 11 is 0. The van der Waals surface area contributed by atoms with Gasteiger partial charge < -0.3 is 9.30 Å². The lowest BCUT2D eigenvalue weighted by Crippen LogP contribution is -1.96. The smallest absolute Gasteiger partial charge is 0.183 e. The number of rotatable bonds is 4. The standard InChI is InChI=1S/C21H19FN4O/c1-4-26-12-23-20-17(11-24-25-21(20)26)14-6-7-18(22)15(10-14)16-9-13(2)5-8-19(16)27-3/h5-12H,4H2,1-3H3. The normalized spacial score (nSPS) is 11.1. The van der Waals surface area contributed by atoms with Crippen molar-refractivity contribution in [2.24, 2.45) is 0 Å². The molecule has 0 aliphatic carbocycles. The van der Waals surface area contributed by atoms with Gasteiger partial charge in [0.15, 0.2) is 5.65 Å². The molecular formula is C21H19FN4O. The summed E-state index contributed by atoms with van der Waals surface area (Å²) in [6, 6.07) is 10.7. The maximum Gasteiger partial charge on any atom is 0.183 e. The highest BCUT2D eigenvalue weighted by Gasteiger charge is 2.15. The maximum atomic E-state index is 14.7. The molecular weight excluding hydrogens is 343 g/mol. The topological polar surface area (TPSA) is 52.8 Å². The fourth-order valence-corrected chi connectivity index (χ4v) is 3.25. The van der Waals surface area contributed by atoms with Crippen LogP contribution < -0.4 is 4.74 Å². The molecule has 0 bridgehead atoms. The number of hydrogen-bond donors (Lipinski definition) is 0. The zero-order valence-electron chi connectivity index (χ0n) is 15.4. The SMILES string of the molecule is CCn1cnc2c(-c3ccc(F)c(-c4cc(C)ccc4OC)c3)cnnc21. The van der Waals surface area contributed by atoms with Gasteiger partial charge in [-0.2, -0.15) is 5.10 Å². The second-order valence-corrected chi connectivity index (χ2v) is 6.36. The molecule has 136 valence electrons. The number of imidazole rings is 1. The third kappa shape index (κ3) is 2.93. The minimum Gasteiger partial charge on any atom is -0.496 e. The Morgan fingerprint density at radius 1 is 1.07 bits per heavy atom. The van der Waals surface area contributed by atoms with E-state index in [1.165, 1.54) is 6.07 Å². The summed E-state index contributed by atoms with van der Waals surface area (Å²) in [4.78, 5) is 4.48. The van der Waals surface area contributed by atoms with Crippen LogP contribution in [0.4, 0.5) is 4.39 Å². The Kier molecular flexibility index (Phi) is 4.32. The summed E-state index contributed by atoms with van der Waals surface area (Å²) < 4.78 is 22.1. The van der Waals surface area contributed by atoms with Gasteiger partial charge in [0.1, 0.15) is 17.1 Å². The molecule has 27 heavy (non-hydrogen) atoms. The molecule has 0 saturated carbocycles. The second-order valence-electron chi connectivity index (χ2n) is 6.36. The Labute approximate surface area is 156 Å². The summed E-state index contributed by atoms with van der Waals surface area (Å²) in [5.41, 5.74) is 5.35. The summed E-state index contributed by atoms with van der Waals surface area (Å²) in [6.45, 7) is 4.75. The Morgan fingerprint density at radius 2 is 1.93 bits per heavy atom. The van der Waals surface area contributed by atoms with Crippen LogP contribution in [-0.2, 0) is 6.54 Å². The van der Waals surface area contributed by atoms with Crippen LogP contribution in [0, 0.1) is 12.7 Å². The van der Waals surface area contributed by atoms with Crippen molar-refractivity contribution in [3.05, 3.63) is 60.3 Å². The third-order valence-electron chi connectivity index (χ3n) is 4.67. The van der Waals surface area contributed by atoms with E-state index >= 15 is 0 Å². The molecule has 0 saturated heterocycles. The van der Waals surface area contributed by atoms with Crippen molar-refractivity contribution >= 4 is 11.2 Å². The molecule has 0 spiro atoms. The summed E-state index contributed by atoms with van der Waals surface area (Å²) in [5, 5.41) is 8.31. The van der Waals surface area contributed by atoms with Gasteiger partial charge in [-0.3, -0.25) is 0 Å². The van der Waals surface area contributed by atoms with Gasteiger partial charge >= 0.3 is 0 Å². The quantitative estimate of drug-likeness (QED) is 0.531. The molecule has 4 rings (SSSR count). The lowest BCUT2D eigenvalue weighted by molar-refractivity contribution is 0.416. The monoisotopic (exact) mass is 362 g/mol. The summed E-state index contributed by atoms with van der Waals surface area (Å²) in [7, 11) is 1.59. The maximum absolute atomic E-state index is 14.7. The number of aromatic nitrogens is 4. The largest absolute Gasteiger partial charge is 0.496 e. The van der Waals surface area contributed by atoms with Crippen LogP contribution in [0.3, 0.4) is 0 Å². The van der Waals surface area contributed by atoms with Crippen LogP contribution >= 0.6 is 0 Å². The number of hydrogen-bond acceptors (Lipinski definition) is 4. The minimum absolute atomic E-state index is 0.306. The molecule has 0 atom stereocenters. The predicted molar refractivity (Wildman–Crippen MR) is 103 cm³/mol. The van der Waals surface area contributed by atoms with Gasteiger partial charge in [0, 0.05) is 23.2 Å². The first-order chi connectivity index (χ1) is 13.1. The predicted octanol–water partition coefficient (Wildman–Crippen LogP) is 4.64. The number of aryl methyl sites for hydroxylation is 2. The molecule has 2 heterocycles. The van der Waals surface area contributed by atoms with E-state index in [1.54, 1.807) is 25.7 Å². The molecule has 4 aromatic rings. The van der Waals surface area contributed by atoms with Crippen LogP contribution in [0.1, 0.15) is 12.5 Å². The molecule has 5 nitrogen and oxygen atoms in total. The van der Waals surface area contributed by atoms with E-state index < -0.39 is 0 Å². The van der Waals surface area contributed by atoms with Crippen LogP contribution in [0.2, 0.25) is 0 Å². The van der Waals surface area contributed by atoms with Crippen LogP contribution in [0.15, 0.2) is 48.9 Å². The molecule has 0 N–H and O–H groups in total. The van der Waals surface area contributed by atoms with Gasteiger partial charge in [-0.25, -0.2) is 9.37 Å². The number of methoxy groups -OCH3 is 1. The minimum atomic E-state index is -0.306. The number of nitrogens with zero attached hydrogens (tertiary/aromatic N) is 4. The second kappa shape index (κ2) is 6.79. The molecule has 0 unspecified atom stereocenters. The van der Waals surface area contributed by atoms with Crippen LogP contribution in [0.5, 0.6) is 5.75 Å². The van der Waals surface area contributed by atoms with E-state index in [4.69, 9.17) is 4.74 Å². The van der Waals surface area contributed by atoms with E-state index in [2.05, 4.69) is 15.2 Å². The fraction of sp³-hybridized carbons (Fsp3) is 0.190. The zero-order valence-corrected chi connectivity index (χ0v) is 15.4. The Bertz CT molecular complexity index is 1140. The van der Waals surface area contributed by atoms with Crippen molar-refractivity contribution in [1.29, 1.82) is 0 Å². The molecule has 2 aromatic heterocycles. The van der Waals surface area contributed by atoms with E-state index in [-0.39, 0.29) is 5.82 Å². The van der Waals surface area contributed by atoms with E-state index in [1.807, 2.05) is 42.7 Å². The first-order valence-corrected chi connectivity index (χ1v) is 8.73. The fourth-order valence-electron chi connectivity index (χ4n) is 3.25. The molecule has 0 radical (unpaired) electrons. The molecule has 0 amide bonds. The van der Waals surface area contributed by atoms with Gasteiger partial charge in [-0.15, -0.1) is 5.10 Å². The van der Waals surface area contributed by atoms with Crippen molar-refractivity contribution in [2.45, 2.75) is 20.4 Å². The molecule has 2 aromatic carbocycles. The highest BCUT2D eigenvalue weighted by molar-refractivity contribution is 5.90. The van der Waals surface area contributed by atoms with E-state index in [0.717, 1.165) is 28.8 Å². The third-order valence-corrected chi connectivity index (χ3v) is 4.67. The number of benzene rings is 2. The van der Waals surface area contributed by atoms with E-state index in [9.17, 15) is 4.39 Å². The molecule has 0 aliphatic rings. The van der Waals surface area contributed by atoms with Crippen molar-refractivity contribution in [3.8, 4) is 28.0 Å². The lowest BCUT2D eigenvalue weighted by Gasteiger charge is -2.12. The summed E-state index contributed by atoms with van der Waals surface area (Å²) in [5.74, 6) is 0.324. The van der Waals surface area contributed by atoms with Crippen molar-refractivity contribution in [3.63, 3.8) is 0 Å². The highest BCUT2D eigenvalue weighted by Crippen LogP contribution is 2.36. The van der Waals surface area contributed by atoms with Crippen LogP contribution in [-0.4, -0.2) is 26.9 Å². The van der Waals surface area contributed by atoms with Gasteiger partial charge in [-0.1, -0.05) is 17.7 Å². The van der Waals surface area contributed by atoms with Crippen LogP contribution in [0.25, 0.3) is 33.4 Å². The summed E-state index contributed by atoms with van der Waals surface area (Å²) in [6.07, 6.45) is 3.41. The number of ether oxygens (including phenoxy) is 1. The van der Waals surface area contributed by atoms with Crippen molar-refractivity contribution in [1.82, 2.24) is 19.7 Å². The Balaban J connectivity index is 1.92. The van der Waals surface area contributed by atoms with E-state index in [0.29, 0.717) is 22.5 Å². The number of halogens is 1. The van der Waals surface area contributed by atoms with Gasteiger partial charge in [0.05, 0.1) is 19.6 Å². The van der Waals surface area contributed by atoms with Gasteiger partial charge in [0.25, 0.3) is 0 Å².